The van der Waals surface area contributed by atoms with Crippen LogP contribution in [0.4, 0.5) is 4.79 Å². The van der Waals surface area contributed by atoms with Crippen molar-refractivity contribution in [2.45, 2.75) is 31.8 Å². The molecule has 1 aromatic heterocycles. The first kappa shape index (κ1) is 23.6. The van der Waals surface area contributed by atoms with Crippen LogP contribution in [0.3, 0.4) is 0 Å². The number of urea groups is 1. The van der Waals surface area contributed by atoms with E-state index >= 15 is 0 Å². The molecule has 8 heteroatoms. The highest BCUT2D eigenvalue weighted by molar-refractivity contribution is 6.05. The number of rotatable bonds is 8. The maximum atomic E-state index is 13.7. The lowest BCUT2D eigenvalue weighted by Gasteiger charge is -2.29. The zero-order valence-corrected chi connectivity index (χ0v) is 20.1. The lowest BCUT2D eigenvalue weighted by atomic mass is 9.91. The number of ether oxygens (including phenoxy) is 1. The number of aromatic nitrogens is 2. The molecule has 36 heavy (non-hydrogen) atoms. The molecule has 2 heterocycles. The van der Waals surface area contributed by atoms with Crippen LogP contribution in [0.25, 0.3) is 11.0 Å². The summed E-state index contributed by atoms with van der Waals surface area (Å²) in [6.07, 6.45) is 0. The molecule has 1 aliphatic rings. The van der Waals surface area contributed by atoms with E-state index in [9.17, 15) is 9.59 Å². The molecule has 4 aromatic rings. The Morgan fingerprint density at radius 3 is 2.53 bits per heavy atom. The van der Waals surface area contributed by atoms with Gasteiger partial charge >= 0.3 is 6.03 Å². The summed E-state index contributed by atoms with van der Waals surface area (Å²) in [6.45, 7) is 4.10. The number of imidazole rings is 1. The number of hydrogen-bond acceptors (Lipinski definition) is 5. The molecule has 8 nitrogen and oxygen atoms in total. The number of nitrogens with zero attached hydrogens (tertiary/aromatic N) is 2. The number of imide groups is 1. The summed E-state index contributed by atoms with van der Waals surface area (Å²) in [4.78, 5) is 36.5. The van der Waals surface area contributed by atoms with E-state index in [0.29, 0.717) is 17.1 Å². The molecule has 3 amide bonds. The molecule has 1 aliphatic heterocycles. The van der Waals surface area contributed by atoms with Gasteiger partial charge in [-0.15, -0.1) is 0 Å². The zero-order chi connectivity index (χ0) is 25.2. The summed E-state index contributed by atoms with van der Waals surface area (Å²) in [5.74, 6) is 0.586. The van der Waals surface area contributed by atoms with Gasteiger partial charge in [0.1, 0.15) is 30.3 Å². The van der Waals surface area contributed by atoms with E-state index in [-0.39, 0.29) is 25.0 Å². The van der Waals surface area contributed by atoms with Crippen molar-refractivity contribution in [1.29, 1.82) is 0 Å². The Kier molecular flexibility index (Phi) is 6.43. The van der Waals surface area contributed by atoms with Crippen LogP contribution in [0.1, 0.15) is 47.4 Å². The average molecular weight is 485 g/mol. The number of aliphatic hydroxyl groups is 1. The molecule has 1 fully saturated rings. The van der Waals surface area contributed by atoms with Gasteiger partial charge in [0.25, 0.3) is 5.91 Å². The number of fused-ring (bicyclic) bond motifs is 1. The number of aryl methyl sites for hydroxylation is 1. The van der Waals surface area contributed by atoms with Crippen molar-refractivity contribution >= 4 is 23.0 Å². The molecule has 0 unspecified atom stereocenters. The van der Waals surface area contributed by atoms with Crippen LogP contribution in [0.15, 0.2) is 72.8 Å². The number of H-pyrrole nitrogens is 1. The van der Waals surface area contributed by atoms with Gasteiger partial charge in [-0.3, -0.25) is 9.69 Å². The Balaban J connectivity index is 1.51. The number of hydrogen-bond donors (Lipinski definition) is 3. The minimum absolute atomic E-state index is 0.0871. The number of aliphatic hydroxyl groups excluding tert-OH is 1. The Bertz CT molecular complexity index is 1380. The van der Waals surface area contributed by atoms with Crippen LogP contribution in [0.5, 0.6) is 5.75 Å². The molecule has 5 rings (SSSR count). The summed E-state index contributed by atoms with van der Waals surface area (Å²) in [6, 6.07) is 20.8. The Hall–Kier alpha value is -4.17. The summed E-state index contributed by atoms with van der Waals surface area (Å²) < 4.78 is 5.41. The molecule has 3 atom stereocenters. The van der Waals surface area contributed by atoms with Crippen LogP contribution in [-0.2, 0) is 4.79 Å². The van der Waals surface area contributed by atoms with Crippen molar-refractivity contribution < 1.29 is 19.4 Å². The van der Waals surface area contributed by atoms with Gasteiger partial charge in [-0.2, -0.15) is 0 Å². The number of aromatic amines is 1. The highest BCUT2D eigenvalue weighted by atomic mass is 16.5. The Morgan fingerprint density at radius 2 is 1.81 bits per heavy atom. The molecule has 0 spiro atoms. The maximum Gasteiger partial charge on any atom is 0.325 e. The highest BCUT2D eigenvalue weighted by Gasteiger charge is 2.46. The van der Waals surface area contributed by atoms with E-state index in [1.165, 1.54) is 4.90 Å². The van der Waals surface area contributed by atoms with Crippen LogP contribution >= 0.6 is 0 Å². The molecule has 184 valence electrons. The lowest BCUT2D eigenvalue weighted by Crippen LogP contribution is -2.38. The second-order valence-corrected chi connectivity index (χ2v) is 9.02. The normalized spacial score (nSPS) is 17.3. The fraction of sp³-hybridized carbons (Fsp3) is 0.250. The van der Waals surface area contributed by atoms with Crippen LogP contribution < -0.4 is 10.1 Å². The monoisotopic (exact) mass is 484 g/mol. The second-order valence-electron chi connectivity index (χ2n) is 9.02. The van der Waals surface area contributed by atoms with Crippen molar-refractivity contribution in [3.05, 3.63) is 95.3 Å². The SMILES string of the molecule is Cc1ccc2nc([C@H]([C@@H](C)c3ccccc3)N3C(=O)N[C@H](c4ccc(OCCO)cc4)C3=O)[nH]c2c1. The van der Waals surface area contributed by atoms with E-state index in [2.05, 4.69) is 10.3 Å². The third-order valence-electron chi connectivity index (χ3n) is 6.56. The number of carbonyl (C=O) groups excluding carboxylic acids is 2. The zero-order valence-electron chi connectivity index (χ0n) is 20.1. The summed E-state index contributed by atoms with van der Waals surface area (Å²) in [5, 5.41) is 11.8. The van der Waals surface area contributed by atoms with E-state index in [4.69, 9.17) is 14.8 Å². The summed E-state index contributed by atoms with van der Waals surface area (Å²) >= 11 is 0. The third kappa shape index (κ3) is 4.43. The number of amides is 3. The van der Waals surface area contributed by atoms with Crippen molar-refractivity contribution in [2.75, 3.05) is 13.2 Å². The highest BCUT2D eigenvalue weighted by Crippen LogP contribution is 2.39. The Labute approximate surface area is 208 Å². The molecule has 0 saturated carbocycles. The van der Waals surface area contributed by atoms with Crippen molar-refractivity contribution in [2.24, 2.45) is 0 Å². The smallest absolute Gasteiger partial charge is 0.325 e. The first-order chi connectivity index (χ1) is 17.5. The van der Waals surface area contributed by atoms with Crippen molar-refractivity contribution in [3.8, 4) is 5.75 Å². The third-order valence-corrected chi connectivity index (χ3v) is 6.56. The standard InChI is InChI=1S/C28H28N4O4/c1-17-8-13-22-23(16-17)30-26(29-22)25(18(2)19-6-4-3-5-7-19)32-27(34)24(31-28(32)35)20-9-11-21(12-10-20)36-15-14-33/h3-13,16,18,24-25,33H,14-15H2,1-2H3,(H,29,30)(H,31,35)/t18-,24+,25-/m0/s1. The van der Waals surface area contributed by atoms with Gasteiger partial charge in [-0.25, -0.2) is 9.78 Å². The molecule has 3 aromatic carbocycles. The van der Waals surface area contributed by atoms with Crippen LogP contribution in [0, 0.1) is 6.92 Å². The minimum Gasteiger partial charge on any atom is -0.491 e. The maximum absolute atomic E-state index is 13.7. The molecular formula is C28H28N4O4. The van der Waals surface area contributed by atoms with E-state index < -0.39 is 18.1 Å². The molecule has 0 aliphatic carbocycles. The van der Waals surface area contributed by atoms with Crippen molar-refractivity contribution in [3.63, 3.8) is 0 Å². The first-order valence-corrected chi connectivity index (χ1v) is 11.9. The summed E-state index contributed by atoms with van der Waals surface area (Å²) in [7, 11) is 0. The lowest BCUT2D eigenvalue weighted by molar-refractivity contribution is -0.129. The molecule has 0 bridgehead atoms. The van der Waals surface area contributed by atoms with E-state index in [1.54, 1.807) is 24.3 Å². The van der Waals surface area contributed by atoms with Gasteiger partial charge in [0, 0.05) is 5.92 Å². The van der Waals surface area contributed by atoms with Crippen molar-refractivity contribution in [1.82, 2.24) is 20.2 Å². The van der Waals surface area contributed by atoms with Gasteiger partial charge in [0.2, 0.25) is 0 Å². The van der Waals surface area contributed by atoms with E-state index in [0.717, 1.165) is 22.2 Å². The molecule has 1 saturated heterocycles. The number of carbonyl (C=O) groups is 2. The molecule has 3 N–H and O–H groups in total. The van der Waals surface area contributed by atoms with E-state index in [1.807, 2.05) is 62.4 Å². The predicted molar refractivity (Wildman–Crippen MR) is 136 cm³/mol. The summed E-state index contributed by atoms with van der Waals surface area (Å²) in [5.41, 5.74) is 4.37. The minimum atomic E-state index is -0.818. The molecular weight excluding hydrogens is 456 g/mol. The first-order valence-electron chi connectivity index (χ1n) is 11.9. The fourth-order valence-corrected chi connectivity index (χ4v) is 4.71. The molecule has 0 radical (unpaired) electrons. The van der Waals surface area contributed by atoms with Crippen LogP contribution in [-0.4, -0.2) is 45.1 Å². The van der Waals surface area contributed by atoms with Gasteiger partial charge in [0.05, 0.1) is 17.6 Å². The number of benzene rings is 3. The number of nitrogens with one attached hydrogen (secondary N) is 2. The van der Waals surface area contributed by atoms with Gasteiger partial charge in [0.15, 0.2) is 0 Å². The second kappa shape index (κ2) is 9.83. The van der Waals surface area contributed by atoms with Crippen LogP contribution in [0.2, 0.25) is 0 Å². The topological polar surface area (TPSA) is 108 Å². The average Bonchev–Trinajstić information content (AvgIpc) is 3.44. The van der Waals surface area contributed by atoms with Gasteiger partial charge in [-0.05, 0) is 47.9 Å². The van der Waals surface area contributed by atoms with Gasteiger partial charge in [-0.1, -0.05) is 55.5 Å². The fourth-order valence-electron chi connectivity index (χ4n) is 4.71. The quantitative estimate of drug-likeness (QED) is 0.322. The van der Waals surface area contributed by atoms with Gasteiger partial charge < -0.3 is 20.1 Å². The predicted octanol–water partition coefficient (Wildman–Crippen LogP) is 4.38. The largest absolute Gasteiger partial charge is 0.491 e. The Morgan fingerprint density at radius 1 is 1.06 bits per heavy atom.